The van der Waals surface area contributed by atoms with Crippen LogP contribution in [0.5, 0.6) is 0 Å². The average Bonchev–Trinajstić information content (AvgIpc) is 2.34. The highest BCUT2D eigenvalue weighted by atomic mass is 28.4. The van der Waals surface area contributed by atoms with E-state index in [9.17, 15) is 0 Å². The topological polar surface area (TPSA) is 9.23 Å². The van der Waals surface area contributed by atoms with E-state index >= 15 is 0 Å². The Balaban J connectivity index is 4.16. The van der Waals surface area contributed by atoms with E-state index in [0.29, 0.717) is 6.61 Å². The predicted octanol–water partition coefficient (Wildman–Crippen LogP) is 4.15. The van der Waals surface area contributed by atoms with Gasteiger partial charge in [-0.2, -0.15) is 0 Å². The molecule has 20 heavy (non-hydrogen) atoms. The van der Waals surface area contributed by atoms with Gasteiger partial charge in [-0.05, 0) is 60.9 Å². The van der Waals surface area contributed by atoms with E-state index in [1.54, 1.807) is 12.2 Å². The second-order valence-corrected chi connectivity index (χ2v) is 10.6. The van der Waals surface area contributed by atoms with Crippen LogP contribution >= 0.6 is 0 Å². The van der Waals surface area contributed by atoms with Crippen LogP contribution in [0.1, 0.15) is 27.7 Å². The quantitative estimate of drug-likeness (QED) is 0.559. The Hall–Kier alpha value is -1.66. The zero-order valence-electron chi connectivity index (χ0n) is 13.4. The van der Waals surface area contributed by atoms with Gasteiger partial charge >= 0.3 is 0 Å². The van der Waals surface area contributed by atoms with E-state index in [2.05, 4.69) is 69.4 Å². The van der Waals surface area contributed by atoms with Crippen molar-refractivity contribution in [2.24, 2.45) is 0 Å². The third kappa shape index (κ3) is 8.44. The molecule has 0 rings (SSSR count). The van der Waals surface area contributed by atoms with Crippen molar-refractivity contribution < 1.29 is 4.43 Å². The second kappa shape index (κ2) is 9.27. The van der Waals surface area contributed by atoms with Crippen molar-refractivity contribution in [2.75, 3.05) is 6.61 Å². The molecule has 0 unspecified atom stereocenters. The van der Waals surface area contributed by atoms with E-state index in [1.165, 1.54) is 0 Å². The van der Waals surface area contributed by atoms with Crippen molar-refractivity contribution >= 4 is 8.32 Å². The molecule has 0 saturated carbocycles. The molecule has 0 N–H and O–H groups in total. The summed E-state index contributed by atoms with van der Waals surface area (Å²) in [5, 5.41) is 0.240. The molecule has 0 aliphatic heterocycles. The van der Waals surface area contributed by atoms with Crippen LogP contribution in [-0.2, 0) is 4.43 Å². The van der Waals surface area contributed by atoms with Crippen molar-refractivity contribution in [3.8, 4) is 35.5 Å². The maximum atomic E-state index is 5.98. The summed E-state index contributed by atoms with van der Waals surface area (Å²) in [6.07, 6.45) is 7.33. The summed E-state index contributed by atoms with van der Waals surface area (Å²) in [4.78, 5) is 0. The monoisotopic (exact) mass is 284 g/mol. The summed E-state index contributed by atoms with van der Waals surface area (Å²) in [5.41, 5.74) is 0. The van der Waals surface area contributed by atoms with Gasteiger partial charge in [0.1, 0.15) is 0 Å². The zero-order valence-corrected chi connectivity index (χ0v) is 14.4. The Morgan fingerprint density at radius 3 is 2.00 bits per heavy atom. The van der Waals surface area contributed by atoms with Gasteiger partial charge in [-0.15, -0.1) is 0 Å². The fourth-order valence-electron chi connectivity index (χ4n) is 0.881. The third-order valence-corrected chi connectivity index (χ3v) is 7.63. The first-order valence-electron chi connectivity index (χ1n) is 6.72. The van der Waals surface area contributed by atoms with Crippen LogP contribution in [0.2, 0.25) is 18.1 Å². The van der Waals surface area contributed by atoms with Crippen molar-refractivity contribution in [2.45, 2.75) is 45.8 Å². The van der Waals surface area contributed by atoms with Gasteiger partial charge in [0.2, 0.25) is 0 Å². The highest BCUT2D eigenvalue weighted by molar-refractivity contribution is 6.74. The summed E-state index contributed by atoms with van der Waals surface area (Å²) >= 11 is 0. The molecule has 0 saturated heterocycles. The Labute approximate surface area is 125 Å². The summed E-state index contributed by atoms with van der Waals surface area (Å²) in [5.74, 6) is 16.4. The van der Waals surface area contributed by atoms with Crippen molar-refractivity contribution in [3.05, 3.63) is 24.3 Å². The Bertz CT molecular complexity index is 526. The molecular weight excluding hydrogens is 260 g/mol. The lowest BCUT2D eigenvalue weighted by atomic mass is 10.2. The minimum atomic E-state index is -1.65. The summed E-state index contributed by atoms with van der Waals surface area (Å²) in [6.45, 7) is 13.7. The molecule has 106 valence electrons. The average molecular weight is 284 g/mol. The molecular formula is C18H24OSi. The zero-order chi connectivity index (χ0) is 15.5. The number of hydrogen-bond donors (Lipinski definition) is 0. The van der Waals surface area contributed by atoms with Crippen LogP contribution in [-0.4, -0.2) is 14.9 Å². The molecule has 0 aliphatic carbocycles. The van der Waals surface area contributed by atoms with E-state index in [0.717, 1.165) is 0 Å². The van der Waals surface area contributed by atoms with Crippen LogP contribution in [0.3, 0.4) is 0 Å². The smallest absolute Gasteiger partial charge is 0.192 e. The molecule has 0 amide bonds. The van der Waals surface area contributed by atoms with Gasteiger partial charge in [-0.25, -0.2) is 0 Å². The van der Waals surface area contributed by atoms with E-state index in [1.807, 2.05) is 19.1 Å². The van der Waals surface area contributed by atoms with Crippen molar-refractivity contribution in [3.63, 3.8) is 0 Å². The molecule has 0 aliphatic rings. The minimum Gasteiger partial charge on any atom is -0.413 e. The SMILES string of the molecule is C/C=C/C#CC#CC#C/C=C/CO[Si](C)(C)C(C)(C)C. The molecule has 0 atom stereocenters. The van der Waals surface area contributed by atoms with E-state index < -0.39 is 8.32 Å². The molecule has 2 heteroatoms. The summed E-state index contributed by atoms with van der Waals surface area (Å²) < 4.78 is 5.98. The van der Waals surface area contributed by atoms with Crippen molar-refractivity contribution in [1.29, 1.82) is 0 Å². The number of hydrogen-bond acceptors (Lipinski definition) is 1. The van der Waals surface area contributed by atoms with Gasteiger partial charge < -0.3 is 4.43 Å². The lowest BCUT2D eigenvalue weighted by molar-refractivity contribution is 0.328. The standard InChI is InChI=1S/C18H24OSi/c1-7-8-9-10-11-12-13-14-15-16-17-19-20(5,6)18(2,3)4/h7-8,15-16H,17H2,1-6H3/b8-7+,16-15+. The van der Waals surface area contributed by atoms with Gasteiger partial charge in [0.15, 0.2) is 8.32 Å². The van der Waals surface area contributed by atoms with Gasteiger partial charge in [-0.3, -0.25) is 0 Å². The molecule has 0 spiro atoms. The highest BCUT2D eigenvalue weighted by Crippen LogP contribution is 2.36. The second-order valence-electron chi connectivity index (χ2n) is 5.76. The van der Waals surface area contributed by atoms with Crippen LogP contribution < -0.4 is 0 Å². The minimum absolute atomic E-state index is 0.240. The summed E-state index contributed by atoms with van der Waals surface area (Å²) in [6, 6.07) is 0. The molecule has 1 nitrogen and oxygen atoms in total. The first-order valence-corrected chi connectivity index (χ1v) is 9.63. The predicted molar refractivity (Wildman–Crippen MR) is 90.4 cm³/mol. The fraction of sp³-hybridized carbons (Fsp3) is 0.444. The lowest BCUT2D eigenvalue weighted by Gasteiger charge is -2.35. The van der Waals surface area contributed by atoms with Crippen LogP contribution in [0.4, 0.5) is 0 Å². The highest BCUT2D eigenvalue weighted by Gasteiger charge is 2.36. The van der Waals surface area contributed by atoms with Gasteiger partial charge in [0, 0.05) is 0 Å². The largest absolute Gasteiger partial charge is 0.413 e. The Kier molecular flexibility index (Phi) is 8.50. The third-order valence-electron chi connectivity index (χ3n) is 3.13. The molecule has 0 aromatic carbocycles. The van der Waals surface area contributed by atoms with Gasteiger partial charge in [-0.1, -0.05) is 44.8 Å². The molecule has 0 radical (unpaired) electrons. The molecule has 0 heterocycles. The van der Waals surface area contributed by atoms with Crippen LogP contribution in [0.25, 0.3) is 0 Å². The first-order chi connectivity index (χ1) is 9.31. The van der Waals surface area contributed by atoms with Gasteiger partial charge in [0.25, 0.3) is 0 Å². The molecule has 0 fully saturated rings. The first kappa shape index (κ1) is 18.3. The Morgan fingerprint density at radius 2 is 1.50 bits per heavy atom. The Morgan fingerprint density at radius 1 is 0.950 bits per heavy atom. The van der Waals surface area contributed by atoms with Crippen LogP contribution in [0.15, 0.2) is 24.3 Å². The van der Waals surface area contributed by atoms with Gasteiger partial charge in [0.05, 0.1) is 6.61 Å². The van der Waals surface area contributed by atoms with E-state index in [-0.39, 0.29) is 5.04 Å². The molecule has 0 aromatic heterocycles. The number of rotatable bonds is 3. The molecule has 0 aromatic rings. The van der Waals surface area contributed by atoms with Crippen molar-refractivity contribution in [1.82, 2.24) is 0 Å². The maximum Gasteiger partial charge on any atom is 0.192 e. The number of allylic oxidation sites excluding steroid dienone is 3. The fourth-order valence-corrected chi connectivity index (χ4v) is 1.83. The summed E-state index contributed by atoms with van der Waals surface area (Å²) in [7, 11) is -1.65. The normalized spacial score (nSPS) is 11.3. The van der Waals surface area contributed by atoms with Crippen LogP contribution in [0, 0.1) is 35.5 Å². The molecule has 0 bridgehead atoms. The maximum absolute atomic E-state index is 5.98. The van der Waals surface area contributed by atoms with E-state index in [4.69, 9.17) is 4.43 Å². The lowest BCUT2D eigenvalue weighted by Crippen LogP contribution is -2.40.